The van der Waals surface area contributed by atoms with Crippen LogP contribution in [0.1, 0.15) is 32.1 Å². The molecule has 0 aliphatic carbocycles. The topological polar surface area (TPSA) is 35.5 Å². The highest BCUT2D eigenvalue weighted by atomic mass is 16.5. The van der Waals surface area contributed by atoms with Crippen molar-refractivity contribution in [2.24, 2.45) is 0 Å². The summed E-state index contributed by atoms with van der Waals surface area (Å²) in [5.74, 6) is -0.153. The summed E-state index contributed by atoms with van der Waals surface area (Å²) in [7, 11) is 1.41. The minimum Gasteiger partial charge on any atom is -0.469 e. The van der Waals surface area contributed by atoms with Gasteiger partial charge in [0, 0.05) is 6.42 Å². The molecule has 0 aromatic carbocycles. The maximum absolute atomic E-state index is 10.9. The van der Waals surface area contributed by atoms with Gasteiger partial charge in [-0.3, -0.25) is 4.79 Å². The minimum absolute atomic E-state index is 0.126. The summed E-state index contributed by atoms with van der Waals surface area (Å²) >= 11 is 0. The van der Waals surface area contributed by atoms with Crippen LogP contribution in [0.5, 0.6) is 0 Å². The van der Waals surface area contributed by atoms with Gasteiger partial charge in [-0.2, -0.15) is 0 Å². The minimum atomic E-state index is -0.153. The lowest BCUT2D eigenvalue weighted by Crippen LogP contribution is -2.11. The monoisotopic (exact) mass is 224 g/mol. The molecule has 2 atom stereocenters. The molecule has 3 heteroatoms. The third-order valence-electron chi connectivity index (χ3n) is 2.82. The highest BCUT2D eigenvalue weighted by Gasteiger charge is 2.27. The molecule has 2 unspecified atom stereocenters. The van der Waals surface area contributed by atoms with Gasteiger partial charge in [-0.25, -0.2) is 0 Å². The number of carbonyl (C=O) groups excluding carboxylic acids is 1. The van der Waals surface area contributed by atoms with Crippen molar-refractivity contribution >= 4 is 5.97 Å². The molecule has 0 bridgehead atoms. The summed E-state index contributed by atoms with van der Waals surface area (Å²) in [5, 5.41) is 0. The number of hydrogen-bond donors (Lipinski definition) is 0. The van der Waals surface area contributed by atoms with Gasteiger partial charge >= 0.3 is 5.97 Å². The van der Waals surface area contributed by atoms with E-state index in [0.717, 1.165) is 31.3 Å². The zero-order valence-electron chi connectivity index (χ0n) is 9.91. The molecule has 0 aromatic heterocycles. The van der Waals surface area contributed by atoms with Gasteiger partial charge in [0.25, 0.3) is 0 Å². The zero-order chi connectivity index (χ0) is 12.0. The second-order valence-electron chi connectivity index (χ2n) is 4.10. The molecule has 0 aromatic rings. The second kappa shape index (κ2) is 6.48. The molecule has 0 saturated carbocycles. The Labute approximate surface area is 97.1 Å². The van der Waals surface area contributed by atoms with Crippen molar-refractivity contribution in [1.82, 2.24) is 0 Å². The predicted octanol–water partition coefficient (Wildman–Crippen LogP) is 2.62. The average Bonchev–Trinajstić information content (AvgIpc) is 2.60. The Kier molecular flexibility index (Phi) is 5.26. The van der Waals surface area contributed by atoms with Gasteiger partial charge in [0.05, 0.1) is 19.3 Å². The first-order valence-corrected chi connectivity index (χ1v) is 5.68. The maximum Gasteiger partial charge on any atom is 0.305 e. The van der Waals surface area contributed by atoms with Crippen molar-refractivity contribution in [3.05, 3.63) is 24.8 Å². The van der Waals surface area contributed by atoms with E-state index in [4.69, 9.17) is 4.74 Å². The molecule has 3 nitrogen and oxygen atoms in total. The van der Waals surface area contributed by atoms with E-state index in [-0.39, 0.29) is 18.2 Å². The Hall–Kier alpha value is -1.09. The van der Waals surface area contributed by atoms with Gasteiger partial charge in [0.2, 0.25) is 0 Å². The molecule has 90 valence electrons. The quantitative estimate of drug-likeness (QED) is 0.514. The molecular weight excluding hydrogens is 204 g/mol. The molecule has 1 aliphatic heterocycles. The summed E-state index contributed by atoms with van der Waals surface area (Å²) in [6.07, 6.45) is 6.09. The molecule has 1 rings (SSSR count). The third-order valence-corrected chi connectivity index (χ3v) is 2.82. The van der Waals surface area contributed by atoms with Crippen molar-refractivity contribution in [1.29, 1.82) is 0 Å². The molecule has 1 aliphatic rings. The molecule has 16 heavy (non-hydrogen) atoms. The normalized spacial score (nSPS) is 24.4. The van der Waals surface area contributed by atoms with E-state index < -0.39 is 0 Å². The number of hydrogen-bond acceptors (Lipinski definition) is 3. The Morgan fingerprint density at radius 3 is 3.06 bits per heavy atom. The molecule has 1 fully saturated rings. The second-order valence-corrected chi connectivity index (χ2v) is 4.10. The Balaban J connectivity index is 2.22. The molecular formula is C13H20O3. The van der Waals surface area contributed by atoms with E-state index in [1.807, 2.05) is 6.08 Å². The van der Waals surface area contributed by atoms with Crippen molar-refractivity contribution < 1.29 is 14.3 Å². The Morgan fingerprint density at radius 2 is 2.44 bits per heavy atom. The standard InChI is InChI=1S/C13H20O3/c1-4-6-12-10(2)9-11(16-12)7-5-8-13(14)15-3/h4,11-12H,1-2,5-9H2,3H3. The van der Waals surface area contributed by atoms with Gasteiger partial charge in [-0.1, -0.05) is 12.7 Å². The van der Waals surface area contributed by atoms with E-state index in [2.05, 4.69) is 17.9 Å². The average molecular weight is 224 g/mol. The zero-order valence-corrected chi connectivity index (χ0v) is 9.91. The highest BCUT2D eigenvalue weighted by Crippen LogP contribution is 2.29. The van der Waals surface area contributed by atoms with Crippen LogP contribution in [0.2, 0.25) is 0 Å². The number of ether oxygens (including phenoxy) is 2. The van der Waals surface area contributed by atoms with Crippen LogP contribution in [0.3, 0.4) is 0 Å². The molecule has 1 saturated heterocycles. The maximum atomic E-state index is 10.9. The van der Waals surface area contributed by atoms with Crippen molar-refractivity contribution in [3.63, 3.8) is 0 Å². The van der Waals surface area contributed by atoms with Gasteiger partial charge in [0.15, 0.2) is 0 Å². The molecule has 0 N–H and O–H groups in total. The van der Waals surface area contributed by atoms with Gasteiger partial charge < -0.3 is 9.47 Å². The van der Waals surface area contributed by atoms with Crippen LogP contribution in [0, 0.1) is 0 Å². The van der Waals surface area contributed by atoms with Crippen molar-refractivity contribution in [2.75, 3.05) is 7.11 Å². The van der Waals surface area contributed by atoms with E-state index >= 15 is 0 Å². The number of esters is 1. The number of rotatable bonds is 6. The molecule has 0 spiro atoms. The van der Waals surface area contributed by atoms with Gasteiger partial charge in [-0.15, -0.1) is 6.58 Å². The molecule has 0 amide bonds. The first-order chi connectivity index (χ1) is 7.67. The SMILES string of the molecule is C=CCC1OC(CCCC(=O)OC)CC1=C. The number of methoxy groups -OCH3 is 1. The summed E-state index contributed by atoms with van der Waals surface area (Å²) in [6, 6.07) is 0. The fraction of sp³-hybridized carbons (Fsp3) is 0.615. The van der Waals surface area contributed by atoms with Crippen LogP contribution >= 0.6 is 0 Å². The summed E-state index contributed by atoms with van der Waals surface area (Å²) < 4.78 is 10.4. The van der Waals surface area contributed by atoms with Crippen LogP contribution in [0.25, 0.3) is 0 Å². The first-order valence-electron chi connectivity index (χ1n) is 5.68. The summed E-state index contributed by atoms with van der Waals surface area (Å²) in [5.41, 5.74) is 1.14. The molecule has 1 heterocycles. The van der Waals surface area contributed by atoms with E-state index in [1.54, 1.807) is 0 Å². The van der Waals surface area contributed by atoms with Crippen LogP contribution < -0.4 is 0 Å². The Morgan fingerprint density at radius 1 is 1.69 bits per heavy atom. The summed E-state index contributed by atoms with van der Waals surface area (Å²) in [4.78, 5) is 10.9. The van der Waals surface area contributed by atoms with E-state index in [1.165, 1.54) is 7.11 Å². The smallest absolute Gasteiger partial charge is 0.305 e. The fourth-order valence-corrected chi connectivity index (χ4v) is 1.92. The third kappa shape index (κ3) is 3.81. The predicted molar refractivity (Wildman–Crippen MR) is 63.1 cm³/mol. The van der Waals surface area contributed by atoms with Crippen molar-refractivity contribution in [2.45, 2.75) is 44.3 Å². The lowest BCUT2D eigenvalue weighted by Gasteiger charge is -2.11. The van der Waals surface area contributed by atoms with E-state index in [9.17, 15) is 4.79 Å². The number of carbonyl (C=O) groups is 1. The van der Waals surface area contributed by atoms with E-state index in [0.29, 0.717) is 6.42 Å². The van der Waals surface area contributed by atoms with Crippen LogP contribution in [0.15, 0.2) is 24.8 Å². The largest absolute Gasteiger partial charge is 0.469 e. The lowest BCUT2D eigenvalue weighted by atomic mass is 10.0. The Bertz CT molecular complexity index is 270. The fourth-order valence-electron chi connectivity index (χ4n) is 1.92. The molecule has 0 radical (unpaired) electrons. The van der Waals surface area contributed by atoms with Crippen LogP contribution in [-0.2, 0) is 14.3 Å². The lowest BCUT2D eigenvalue weighted by molar-refractivity contribution is -0.140. The van der Waals surface area contributed by atoms with Gasteiger partial charge in [0.1, 0.15) is 0 Å². The van der Waals surface area contributed by atoms with Crippen LogP contribution in [0.4, 0.5) is 0 Å². The van der Waals surface area contributed by atoms with Crippen LogP contribution in [-0.4, -0.2) is 25.3 Å². The first kappa shape index (κ1) is 13.0. The highest BCUT2D eigenvalue weighted by molar-refractivity contribution is 5.68. The van der Waals surface area contributed by atoms with Crippen molar-refractivity contribution in [3.8, 4) is 0 Å². The van der Waals surface area contributed by atoms with Gasteiger partial charge in [-0.05, 0) is 31.3 Å². The summed E-state index contributed by atoms with van der Waals surface area (Å²) in [6.45, 7) is 7.70.